The Hall–Kier alpha value is -2.82. The van der Waals surface area contributed by atoms with Crippen molar-refractivity contribution in [3.63, 3.8) is 0 Å². The molecule has 0 spiro atoms. The molecule has 106 valence electrons. The second kappa shape index (κ2) is 5.28. The molecule has 3 rings (SSSR count). The number of benzene rings is 2. The van der Waals surface area contributed by atoms with E-state index < -0.39 is 5.97 Å². The minimum atomic E-state index is -0.994. The first-order valence-corrected chi connectivity index (χ1v) is 6.48. The Bertz CT molecular complexity index is 808. The van der Waals surface area contributed by atoms with Gasteiger partial charge in [0.05, 0.1) is 26.2 Å². The maximum absolute atomic E-state index is 11.2. The minimum absolute atomic E-state index is 0.157. The van der Waals surface area contributed by atoms with Gasteiger partial charge in [-0.3, -0.25) is 0 Å². The summed E-state index contributed by atoms with van der Waals surface area (Å²) in [7, 11) is 1.61. The molecule has 0 unspecified atom stereocenters. The van der Waals surface area contributed by atoms with Crippen molar-refractivity contribution in [1.82, 2.24) is 9.55 Å². The summed E-state index contributed by atoms with van der Waals surface area (Å²) in [4.78, 5) is 15.1. The summed E-state index contributed by atoms with van der Waals surface area (Å²) in [5.41, 5.74) is 1.10. The number of carboxylic acid groups (broad SMARTS) is 1. The molecule has 1 aromatic heterocycles. The second-order valence-corrected chi connectivity index (χ2v) is 4.68. The van der Waals surface area contributed by atoms with Crippen molar-refractivity contribution >= 4 is 16.7 Å². The number of hydrogen-bond acceptors (Lipinski definition) is 3. The number of imidazole rings is 1. The fraction of sp³-hybridized carbons (Fsp3) is 0.125. The van der Waals surface area contributed by atoms with Gasteiger partial charge in [0.2, 0.25) is 0 Å². The lowest BCUT2D eigenvalue weighted by molar-refractivity contribution is 0.0685. The maximum Gasteiger partial charge on any atom is 0.354 e. The lowest BCUT2D eigenvalue weighted by atomic mass is 10.0. The molecule has 0 fully saturated rings. The number of aromatic nitrogens is 2. The van der Waals surface area contributed by atoms with Gasteiger partial charge in [-0.25, -0.2) is 9.78 Å². The molecular formula is C16H14N2O3. The van der Waals surface area contributed by atoms with Crippen LogP contribution in [-0.2, 0) is 6.54 Å². The zero-order chi connectivity index (χ0) is 14.8. The van der Waals surface area contributed by atoms with Crippen LogP contribution in [0.15, 0.2) is 48.9 Å². The van der Waals surface area contributed by atoms with Crippen molar-refractivity contribution in [2.24, 2.45) is 0 Å². The molecule has 5 heteroatoms. The fourth-order valence-electron chi connectivity index (χ4n) is 2.47. The van der Waals surface area contributed by atoms with Crippen LogP contribution in [0.25, 0.3) is 10.8 Å². The molecule has 0 saturated heterocycles. The zero-order valence-electron chi connectivity index (χ0n) is 11.5. The number of nitrogens with zero attached hydrogens (tertiary/aromatic N) is 2. The van der Waals surface area contributed by atoms with E-state index >= 15 is 0 Å². The fourth-order valence-corrected chi connectivity index (χ4v) is 2.47. The summed E-state index contributed by atoms with van der Waals surface area (Å²) >= 11 is 0. The zero-order valence-corrected chi connectivity index (χ0v) is 11.5. The number of carboxylic acids is 1. The van der Waals surface area contributed by atoms with Crippen molar-refractivity contribution in [2.45, 2.75) is 6.54 Å². The van der Waals surface area contributed by atoms with Crippen molar-refractivity contribution in [1.29, 1.82) is 0 Å². The van der Waals surface area contributed by atoms with Crippen molar-refractivity contribution in [3.05, 3.63) is 60.2 Å². The molecule has 0 saturated carbocycles. The van der Waals surface area contributed by atoms with Crippen LogP contribution in [0.1, 0.15) is 16.1 Å². The lowest BCUT2D eigenvalue weighted by Crippen LogP contribution is -2.09. The Morgan fingerprint density at radius 3 is 2.86 bits per heavy atom. The van der Waals surface area contributed by atoms with E-state index in [0.29, 0.717) is 6.54 Å². The van der Waals surface area contributed by atoms with Gasteiger partial charge in [0, 0.05) is 5.56 Å². The summed E-state index contributed by atoms with van der Waals surface area (Å²) < 4.78 is 7.03. The summed E-state index contributed by atoms with van der Waals surface area (Å²) in [5.74, 6) is -0.259. The van der Waals surface area contributed by atoms with Crippen LogP contribution in [0.5, 0.6) is 5.75 Å². The molecule has 0 aliphatic rings. The Morgan fingerprint density at radius 1 is 1.29 bits per heavy atom. The quantitative estimate of drug-likeness (QED) is 0.799. The molecule has 0 atom stereocenters. The van der Waals surface area contributed by atoms with Gasteiger partial charge in [0.25, 0.3) is 0 Å². The largest absolute Gasteiger partial charge is 0.496 e. The molecule has 0 aliphatic carbocycles. The number of methoxy groups -OCH3 is 1. The highest BCUT2D eigenvalue weighted by Crippen LogP contribution is 2.29. The molecule has 3 aromatic rings. The Morgan fingerprint density at radius 2 is 2.10 bits per heavy atom. The van der Waals surface area contributed by atoms with Gasteiger partial charge in [0.1, 0.15) is 11.4 Å². The van der Waals surface area contributed by atoms with Crippen LogP contribution in [0.4, 0.5) is 0 Å². The van der Waals surface area contributed by atoms with Gasteiger partial charge in [-0.15, -0.1) is 0 Å². The second-order valence-electron chi connectivity index (χ2n) is 4.68. The molecule has 0 amide bonds. The standard InChI is InChI=1S/C16H14N2O3/c1-21-15-7-6-11-4-2-3-5-12(11)13(15)9-18-10-17-8-14(18)16(19)20/h2-8,10H,9H2,1H3,(H,19,20). The molecule has 2 aromatic carbocycles. The highest BCUT2D eigenvalue weighted by atomic mass is 16.5. The van der Waals surface area contributed by atoms with Gasteiger partial charge in [-0.2, -0.15) is 0 Å². The molecular weight excluding hydrogens is 268 g/mol. The number of aromatic carboxylic acids is 1. The van der Waals surface area contributed by atoms with Crippen LogP contribution in [0.3, 0.4) is 0 Å². The van der Waals surface area contributed by atoms with Crippen molar-refractivity contribution in [2.75, 3.05) is 7.11 Å². The molecule has 0 radical (unpaired) electrons. The Kier molecular flexibility index (Phi) is 3.31. The number of fused-ring (bicyclic) bond motifs is 1. The third kappa shape index (κ3) is 2.33. The monoisotopic (exact) mass is 282 g/mol. The third-order valence-corrected chi connectivity index (χ3v) is 3.48. The van der Waals surface area contributed by atoms with Crippen LogP contribution in [0.2, 0.25) is 0 Å². The average molecular weight is 282 g/mol. The predicted octanol–water partition coefficient (Wildman–Crippen LogP) is 2.79. The van der Waals surface area contributed by atoms with E-state index in [1.54, 1.807) is 11.7 Å². The number of rotatable bonds is 4. The van der Waals surface area contributed by atoms with Crippen molar-refractivity contribution in [3.8, 4) is 5.75 Å². The topological polar surface area (TPSA) is 64.4 Å². The van der Waals surface area contributed by atoms with Gasteiger partial charge in [-0.05, 0) is 16.8 Å². The number of carbonyl (C=O) groups is 1. The molecule has 5 nitrogen and oxygen atoms in total. The molecule has 1 heterocycles. The normalized spacial score (nSPS) is 10.7. The molecule has 0 aliphatic heterocycles. The van der Waals surface area contributed by atoms with E-state index in [1.807, 2.05) is 36.4 Å². The van der Waals surface area contributed by atoms with E-state index in [0.717, 1.165) is 22.1 Å². The van der Waals surface area contributed by atoms with Crippen LogP contribution >= 0.6 is 0 Å². The van der Waals surface area contributed by atoms with E-state index in [9.17, 15) is 9.90 Å². The van der Waals surface area contributed by atoms with Gasteiger partial charge in [-0.1, -0.05) is 30.3 Å². The molecule has 21 heavy (non-hydrogen) atoms. The first-order valence-electron chi connectivity index (χ1n) is 6.48. The SMILES string of the molecule is COc1ccc2ccccc2c1Cn1cncc1C(=O)O. The van der Waals surface area contributed by atoms with Crippen LogP contribution < -0.4 is 4.74 Å². The highest BCUT2D eigenvalue weighted by molar-refractivity contribution is 5.88. The van der Waals surface area contributed by atoms with Gasteiger partial charge < -0.3 is 14.4 Å². The average Bonchev–Trinajstić information content (AvgIpc) is 2.96. The first kappa shape index (κ1) is 13.2. The summed E-state index contributed by atoms with van der Waals surface area (Å²) in [5, 5.41) is 11.3. The maximum atomic E-state index is 11.2. The Labute approximate surface area is 121 Å². The summed E-state index contributed by atoms with van der Waals surface area (Å²) in [6.45, 7) is 0.395. The predicted molar refractivity (Wildman–Crippen MR) is 78.8 cm³/mol. The number of ether oxygens (including phenoxy) is 1. The van der Waals surface area contributed by atoms with E-state index in [4.69, 9.17) is 4.74 Å². The number of hydrogen-bond donors (Lipinski definition) is 1. The van der Waals surface area contributed by atoms with Gasteiger partial charge in [0.15, 0.2) is 0 Å². The van der Waals surface area contributed by atoms with E-state index in [2.05, 4.69) is 4.98 Å². The van der Waals surface area contributed by atoms with Crippen molar-refractivity contribution < 1.29 is 14.6 Å². The lowest BCUT2D eigenvalue weighted by Gasteiger charge is -2.13. The minimum Gasteiger partial charge on any atom is -0.496 e. The molecule has 0 bridgehead atoms. The van der Waals surface area contributed by atoms with E-state index in [1.165, 1.54) is 12.5 Å². The molecule has 1 N–H and O–H groups in total. The third-order valence-electron chi connectivity index (χ3n) is 3.48. The Balaban J connectivity index is 2.14. The highest BCUT2D eigenvalue weighted by Gasteiger charge is 2.14. The summed E-state index contributed by atoms with van der Waals surface area (Å²) in [6.07, 6.45) is 2.87. The van der Waals surface area contributed by atoms with Crippen LogP contribution in [-0.4, -0.2) is 27.7 Å². The first-order chi connectivity index (χ1) is 10.2. The van der Waals surface area contributed by atoms with Crippen LogP contribution in [0, 0.1) is 0 Å². The summed E-state index contributed by atoms with van der Waals surface area (Å²) in [6, 6.07) is 11.8. The van der Waals surface area contributed by atoms with Gasteiger partial charge >= 0.3 is 5.97 Å². The van der Waals surface area contributed by atoms with E-state index in [-0.39, 0.29) is 5.69 Å². The smallest absolute Gasteiger partial charge is 0.354 e.